The Labute approximate surface area is 97.5 Å². The third kappa shape index (κ3) is 2.79. The molecule has 2 nitrogen and oxygen atoms in total. The Balaban J connectivity index is 1.93. The first-order chi connectivity index (χ1) is 8.06. The average molecular weight is 245 g/mol. The predicted octanol–water partition coefficient (Wildman–Crippen LogP) is 1.97. The molecule has 1 saturated carbocycles. The van der Waals surface area contributed by atoms with Crippen molar-refractivity contribution < 1.29 is 18.3 Å². The van der Waals surface area contributed by atoms with Crippen LogP contribution in [0.15, 0.2) is 12.1 Å². The summed E-state index contributed by atoms with van der Waals surface area (Å²) in [5.41, 5.74) is 0.00679. The van der Waals surface area contributed by atoms with Crippen molar-refractivity contribution in [1.82, 2.24) is 5.32 Å². The zero-order chi connectivity index (χ0) is 12.5. The molecule has 0 bridgehead atoms. The lowest BCUT2D eigenvalue weighted by Crippen LogP contribution is -2.26. The zero-order valence-corrected chi connectivity index (χ0v) is 9.27. The van der Waals surface area contributed by atoms with E-state index in [0.717, 1.165) is 18.9 Å². The smallest absolute Gasteiger partial charge is 0.161 e. The third-order valence-electron chi connectivity index (χ3n) is 3.20. The van der Waals surface area contributed by atoms with E-state index >= 15 is 0 Å². The fourth-order valence-electron chi connectivity index (χ4n) is 1.73. The summed E-state index contributed by atoms with van der Waals surface area (Å²) in [6.45, 7) is 0.785. The van der Waals surface area contributed by atoms with E-state index in [0.29, 0.717) is 12.6 Å². The second kappa shape index (κ2) is 4.66. The number of nitrogens with one attached hydrogen (secondary N) is 1. The van der Waals surface area contributed by atoms with Gasteiger partial charge in [0.15, 0.2) is 11.6 Å². The highest BCUT2D eigenvalue weighted by atomic mass is 19.2. The van der Waals surface area contributed by atoms with Gasteiger partial charge in [-0.05, 0) is 18.9 Å². The first-order valence-corrected chi connectivity index (χ1v) is 5.51. The molecule has 0 radical (unpaired) electrons. The maximum absolute atomic E-state index is 13.3. The number of rotatable bonds is 5. The van der Waals surface area contributed by atoms with E-state index in [1.54, 1.807) is 0 Å². The molecule has 0 atom stereocenters. The fourth-order valence-corrected chi connectivity index (χ4v) is 1.73. The van der Waals surface area contributed by atoms with Gasteiger partial charge in [-0.15, -0.1) is 0 Å². The number of hydrogen-bond acceptors (Lipinski definition) is 2. The van der Waals surface area contributed by atoms with Crippen LogP contribution in [0.1, 0.15) is 18.4 Å². The highest BCUT2D eigenvalue weighted by Gasteiger charge is 2.41. The van der Waals surface area contributed by atoms with Crippen LogP contribution in [0.5, 0.6) is 0 Å². The lowest BCUT2D eigenvalue weighted by Gasteiger charge is -2.13. The normalized spacial score (nSPS) is 17.2. The fraction of sp³-hybridized carbons (Fsp3) is 0.500. The molecule has 0 heterocycles. The summed E-state index contributed by atoms with van der Waals surface area (Å²) in [6.07, 6.45) is 1.88. The van der Waals surface area contributed by atoms with Crippen LogP contribution < -0.4 is 5.32 Å². The SMILES string of the molecule is OCC1(CNCc2cc(F)c(F)cc2F)CC1. The van der Waals surface area contributed by atoms with Gasteiger partial charge in [0.1, 0.15) is 5.82 Å². The van der Waals surface area contributed by atoms with E-state index in [9.17, 15) is 13.2 Å². The second-order valence-corrected chi connectivity index (χ2v) is 4.62. The molecule has 1 aliphatic carbocycles. The molecule has 94 valence electrons. The largest absolute Gasteiger partial charge is 0.396 e. The molecule has 5 heteroatoms. The number of aliphatic hydroxyl groups excluding tert-OH is 1. The molecule has 0 aliphatic heterocycles. The van der Waals surface area contributed by atoms with Crippen LogP contribution in [0.4, 0.5) is 13.2 Å². The maximum atomic E-state index is 13.3. The molecule has 1 aromatic carbocycles. The summed E-state index contributed by atoms with van der Waals surface area (Å²) in [5.74, 6) is -2.99. The van der Waals surface area contributed by atoms with E-state index < -0.39 is 17.5 Å². The summed E-state index contributed by atoms with van der Waals surface area (Å²) in [5, 5.41) is 12.0. The van der Waals surface area contributed by atoms with Crippen molar-refractivity contribution in [2.24, 2.45) is 5.41 Å². The van der Waals surface area contributed by atoms with Crippen molar-refractivity contribution in [3.63, 3.8) is 0 Å². The second-order valence-electron chi connectivity index (χ2n) is 4.62. The minimum atomic E-state index is -1.18. The van der Waals surface area contributed by atoms with Crippen LogP contribution >= 0.6 is 0 Å². The van der Waals surface area contributed by atoms with Crippen molar-refractivity contribution in [2.45, 2.75) is 19.4 Å². The number of aliphatic hydroxyl groups is 1. The molecular formula is C12H14F3NO. The summed E-state index contributed by atoms with van der Waals surface area (Å²) < 4.78 is 38.8. The maximum Gasteiger partial charge on any atom is 0.161 e. The molecule has 2 rings (SSSR count). The summed E-state index contributed by atoms with van der Waals surface area (Å²) in [6, 6.07) is 1.40. The lowest BCUT2D eigenvalue weighted by atomic mass is 10.1. The van der Waals surface area contributed by atoms with E-state index in [1.165, 1.54) is 0 Å². The Morgan fingerprint density at radius 1 is 1.12 bits per heavy atom. The van der Waals surface area contributed by atoms with Gasteiger partial charge in [-0.1, -0.05) is 0 Å². The molecule has 0 saturated heterocycles. The van der Waals surface area contributed by atoms with Gasteiger partial charge >= 0.3 is 0 Å². The van der Waals surface area contributed by atoms with Gasteiger partial charge in [0.2, 0.25) is 0 Å². The molecule has 1 fully saturated rings. The Hall–Kier alpha value is -1.07. The van der Waals surface area contributed by atoms with Crippen molar-refractivity contribution >= 4 is 0 Å². The van der Waals surface area contributed by atoms with E-state index in [-0.39, 0.29) is 24.1 Å². The van der Waals surface area contributed by atoms with Crippen LogP contribution in [0.2, 0.25) is 0 Å². The number of benzene rings is 1. The lowest BCUT2D eigenvalue weighted by molar-refractivity contribution is 0.207. The van der Waals surface area contributed by atoms with Crippen molar-refractivity contribution in [3.05, 3.63) is 35.1 Å². The Morgan fingerprint density at radius 2 is 1.76 bits per heavy atom. The summed E-state index contributed by atoms with van der Waals surface area (Å²) in [4.78, 5) is 0. The summed E-state index contributed by atoms with van der Waals surface area (Å²) >= 11 is 0. The van der Waals surface area contributed by atoms with Gasteiger partial charge in [-0.2, -0.15) is 0 Å². The summed E-state index contributed by atoms with van der Waals surface area (Å²) in [7, 11) is 0. The predicted molar refractivity (Wildman–Crippen MR) is 56.8 cm³/mol. The van der Waals surface area contributed by atoms with Gasteiger partial charge in [-0.25, -0.2) is 13.2 Å². The highest BCUT2D eigenvalue weighted by molar-refractivity contribution is 5.20. The van der Waals surface area contributed by atoms with Crippen molar-refractivity contribution in [1.29, 1.82) is 0 Å². The quantitative estimate of drug-likeness (QED) is 0.777. The molecule has 1 aliphatic rings. The number of hydrogen-bond donors (Lipinski definition) is 2. The molecule has 0 unspecified atom stereocenters. The molecular weight excluding hydrogens is 231 g/mol. The molecule has 0 aromatic heterocycles. The van der Waals surface area contributed by atoms with E-state index in [2.05, 4.69) is 5.32 Å². The van der Waals surface area contributed by atoms with Crippen LogP contribution in [0.25, 0.3) is 0 Å². The van der Waals surface area contributed by atoms with Crippen molar-refractivity contribution in [3.8, 4) is 0 Å². The van der Waals surface area contributed by atoms with Crippen LogP contribution in [0.3, 0.4) is 0 Å². The average Bonchev–Trinajstić information content (AvgIpc) is 3.06. The Kier molecular flexibility index (Phi) is 3.40. The van der Waals surface area contributed by atoms with Crippen LogP contribution in [-0.4, -0.2) is 18.3 Å². The topological polar surface area (TPSA) is 32.3 Å². The highest BCUT2D eigenvalue weighted by Crippen LogP contribution is 2.44. The zero-order valence-electron chi connectivity index (χ0n) is 9.27. The Morgan fingerprint density at radius 3 is 2.35 bits per heavy atom. The van der Waals surface area contributed by atoms with Gasteiger partial charge in [-0.3, -0.25) is 0 Å². The number of halogens is 3. The van der Waals surface area contributed by atoms with Gasteiger partial charge in [0.05, 0.1) is 0 Å². The van der Waals surface area contributed by atoms with E-state index in [4.69, 9.17) is 5.11 Å². The first-order valence-electron chi connectivity index (χ1n) is 5.51. The minimum absolute atomic E-state index is 0.0882. The van der Waals surface area contributed by atoms with Gasteiger partial charge in [0, 0.05) is 36.7 Å². The minimum Gasteiger partial charge on any atom is -0.396 e. The third-order valence-corrected chi connectivity index (χ3v) is 3.20. The van der Waals surface area contributed by atoms with Gasteiger partial charge in [0.25, 0.3) is 0 Å². The first kappa shape index (κ1) is 12.4. The molecule has 1 aromatic rings. The van der Waals surface area contributed by atoms with Gasteiger partial charge < -0.3 is 10.4 Å². The Bertz CT molecular complexity index is 418. The van der Waals surface area contributed by atoms with Crippen LogP contribution in [-0.2, 0) is 6.54 Å². The molecule has 0 amide bonds. The monoisotopic (exact) mass is 245 g/mol. The van der Waals surface area contributed by atoms with Crippen molar-refractivity contribution in [2.75, 3.05) is 13.2 Å². The molecule has 0 spiro atoms. The molecule has 17 heavy (non-hydrogen) atoms. The molecule has 2 N–H and O–H groups in total. The van der Waals surface area contributed by atoms with E-state index in [1.807, 2.05) is 0 Å². The van der Waals surface area contributed by atoms with Crippen LogP contribution in [0, 0.1) is 22.9 Å². The standard InChI is InChI=1S/C12H14F3NO/c13-9-4-11(15)10(14)3-8(9)5-16-6-12(7-17)1-2-12/h3-4,16-17H,1-2,5-7H2.